The largest absolute Gasteiger partial charge is 0.493 e. The van der Waals surface area contributed by atoms with E-state index in [0.29, 0.717) is 6.61 Å². The minimum Gasteiger partial charge on any atom is -0.493 e. The molecule has 19 heavy (non-hydrogen) atoms. The van der Waals surface area contributed by atoms with Crippen molar-refractivity contribution in [2.75, 3.05) is 6.61 Å². The van der Waals surface area contributed by atoms with Crippen molar-refractivity contribution in [3.8, 4) is 5.75 Å². The first kappa shape index (κ1) is 14.5. The summed E-state index contributed by atoms with van der Waals surface area (Å²) in [4.78, 5) is -0.0461. The molecule has 0 spiro atoms. The number of rotatable bonds is 4. The van der Waals surface area contributed by atoms with Crippen LogP contribution >= 0.6 is 31.9 Å². The van der Waals surface area contributed by atoms with Gasteiger partial charge in [-0.25, -0.2) is 4.39 Å². The molecule has 0 bridgehead atoms. The first-order chi connectivity index (χ1) is 9.11. The van der Waals surface area contributed by atoms with E-state index in [-0.39, 0.29) is 10.6 Å². The maximum atomic E-state index is 13.2. The van der Waals surface area contributed by atoms with Gasteiger partial charge in [0, 0.05) is 0 Å². The third-order valence-corrected chi connectivity index (χ3v) is 4.37. The lowest BCUT2D eigenvalue weighted by atomic mass is 10.0. The highest BCUT2D eigenvalue weighted by Crippen LogP contribution is 2.35. The van der Waals surface area contributed by atoms with Crippen LogP contribution in [0.3, 0.4) is 0 Å². The summed E-state index contributed by atoms with van der Waals surface area (Å²) in [6.07, 6.45) is 0. The maximum Gasteiger partial charge on any atom is 0.133 e. The quantitative estimate of drug-likeness (QED) is 0.632. The summed E-state index contributed by atoms with van der Waals surface area (Å²) in [5, 5.41) is 0. The van der Waals surface area contributed by atoms with E-state index in [1.54, 1.807) is 6.07 Å². The average molecular weight is 388 g/mol. The molecule has 0 amide bonds. The zero-order valence-corrected chi connectivity index (χ0v) is 13.5. The van der Waals surface area contributed by atoms with Crippen LogP contribution in [0.4, 0.5) is 4.39 Å². The molecule has 4 heteroatoms. The molecule has 0 radical (unpaired) electrons. The van der Waals surface area contributed by atoms with Crippen molar-refractivity contribution >= 4 is 31.9 Å². The highest BCUT2D eigenvalue weighted by atomic mass is 79.9. The second kappa shape index (κ2) is 6.53. The molecular formula is C15H13Br2FO. The SMILES string of the molecule is CCOc1ccc(C(Br)c2cccc(F)c2)cc1Br. The molecule has 2 rings (SSSR count). The molecule has 0 aliphatic carbocycles. The molecule has 0 saturated carbocycles. The fourth-order valence-electron chi connectivity index (χ4n) is 1.80. The second-order valence-corrected chi connectivity index (χ2v) is 5.81. The Morgan fingerprint density at radius 2 is 1.89 bits per heavy atom. The Kier molecular flexibility index (Phi) is 4.99. The molecule has 1 unspecified atom stereocenters. The van der Waals surface area contributed by atoms with Crippen LogP contribution in [0.2, 0.25) is 0 Å². The predicted molar refractivity (Wildman–Crippen MR) is 82.5 cm³/mol. The molecule has 0 heterocycles. The van der Waals surface area contributed by atoms with E-state index in [1.165, 1.54) is 12.1 Å². The van der Waals surface area contributed by atoms with Crippen molar-refractivity contribution in [3.05, 3.63) is 63.9 Å². The van der Waals surface area contributed by atoms with Crippen LogP contribution in [0.25, 0.3) is 0 Å². The third-order valence-electron chi connectivity index (χ3n) is 2.69. The van der Waals surface area contributed by atoms with Gasteiger partial charge in [0.05, 0.1) is 15.9 Å². The van der Waals surface area contributed by atoms with Gasteiger partial charge in [0.15, 0.2) is 0 Å². The molecule has 1 atom stereocenters. The molecule has 0 saturated heterocycles. The van der Waals surface area contributed by atoms with Crippen LogP contribution in [0.5, 0.6) is 5.75 Å². The summed E-state index contributed by atoms with van der Waals surface area (Å²) in [7, 11) is 0. The lowest BCUT2D eigenvalue weighted by Crippen LogP contribution is -1.96. The minimum absolute atomic E-state index is 0.0461. The van der Waals surface area contributed by atoms with Crippen LogP contribution in [-0.4, -0.2) is 6.61 Å². The summed E-state index contributed by atoms with van der Waals surface area (Å²) in [5.74, 6) is 0.581. The van der Waals surface area contributed by atoms with Gasteiger partial charge in [0.25, 0.3) is 0 Å². The second-order valence-electron chi connectivity index (χ2n) is 4.04. The van der Waals surface area contributed by atoms with Gasteiger partial charge in [-0.2, -0.15) is 0 Å². The Labute approximate surface area is 129 Å². The van der Waals surface area contributed by atoms with Crippen molar-refractivity contribution in [3.63, 3.8) is 0 Å². The van der Waals surface area contributed by atoms with Crippen molar-refractivity contribution in [1.29, 1.82) is 0 Å². The average Bonchev–Trinajstić information content (AvgIpc) is 2.40. The van der Waals surface area contributed by atoms with Gasteiger partial charge in [-0.15, -0.1) is 0 Å². The molecule has 0 aromatic heterocycles. The molecule has 0 fully saturated rings. The van der Waals surface area contributed by atoms with Crippen LogP contribution in [0.15, 0.2) is 46.9 Å². The van der Waals surface area contributed by atoms with Crippen LogP contribution in [0, 0.1) is 5.82 Å². The van der Waals surface area contributed by atoms with Crippen molar-refractivity contribution in [2.24, 2.45) is 0 Å². The molecule has 0 aliphatic heterocycles. The molecule has 1 nitrogen and oxygen atoms in total. The molecule has 2 aromatic rings. The number of ether oxygens (including phenoxy) is 1. The highest BCUT2D eigenvalue weighted by molar-refractivity contribution is 9.10. The smallest absolute Gasteiger partial charge is 0.133 e. The van der Waals surface area contributed by atoms with E-state index in [0.717, 1.165) is 21.3 Å². The van der Waals surface area contributed by atoms with E-state index in [9.17, 15) is 4.39 Å². The Morgan fingerprint density at radius 1 is 1.16 bits per heavy atom. The fraction of sp³-hybridized carbons (Fsp3) is 0.200. The van der Waals surface area contributed by atoms with Gasteiger partial charge in [-0.3, -0.25) is 0 Å². The molecule has 0 N–H and O–H groups in total. The van der Waals surface area contributed by atoms with Gasteiger partial charge in [-0.1, -0.05) is 34.1 Å². The third kappa shape index (κ3) is 3.57. The van der Waals surface area contributed by atoms with Crippen LogP contribution in [0.1, 0.15) is 22.9 Å². The lowest BCUT2D eigenvalue weighted by Gasteiger charge is -2.13. The van der Waals surface area contributed by atoms with Gasteiger partial charge in [0.2, 0.25) is 0 Å². The number of benzene rings is 2. The van der Waals surface area contributed by atoms with Crippen LogP contribution in [-0.2, 0) is 0 Å². The van der Waals surface area contributed by atoms with Gasteiger partial charge < -0.3 is 4.74 Å². The zero-order valence-electron chi connectivity index (χ0n) is 10.4. The highest BCUT2D eigenvalue weighted by Gasteiger charge is 2.13. The minimum atomic E-state index is -0.230. The summed E-state index contributed by atoms with van der Waals surface area (Å²) in [6.45, 7) is 2.57. The van der Waals surface area contributed by atoms with E-state index in [2.05, 4.69) is 31.9 Å². The number of hydrogen-bond acceptors (Lipinski definition) is 1. The standard InChI is InChI=1S/C15H13Br2FO/c1-2-19-14-7-6-11(9-13(14)16)15(17)10-4-3-5-12(18)8-10/h3-9,15H,2H2,1H3. The normalized spacial score (nSPS) is 12.2. The number of alkyl halides is 1. The van der Waals surface area contributed by atoms with Crippen molar-refractivity contribution < 1.29 is 9.13 Å². The summed E-state index contributed by atoms with van der Waals surface area (Å²) in [6, 6.07) is 12.4. The topological polar surface area (TPSA) is 9.23 Å². The monoisotopic (exact) mass is 386 g/mol. The summed E-state index contributed by atoms with van der Waals surface area (Å²) < 4.78 is 19.6. The first-order valence-corrected chi connectivity index (χ1v) is 7.64. The van der Waals surface area contributed by atoms with Crippen molar-refractivity contribution in [2.45, 2.75) is 11.8 Å². The lowest BCUT2D eigenvalue weighted by molar-refractivity contribution is 0.338. The van der Waals surface area contributed by atoms with Gasteiger partial charge in [-0.05, 0) is 58.2 Å². The van der Waals surface area contributed by atoms with Crippen LogP contribution < -0.4 is 4.74 Å². The molecule has 2 aromatic carbocycles. The zero-order chi connectivity index (χ0) is 13.8. The van der Waals surface area contributed by atoms with Crippen molar-refractivity contribution in [1.82, 2.24) is 0 Å². The first-order valence-electron chi connectivity index (χ1n) is 5.93. The van der Waals surface area contributed by atoms with E-state index >= 15 is 0 Å². The molecule has 0 aliphatic rings. The van der Waals surface area contributed by atoms with Gasteiger partial charge in [0.1, 0.15) is 11.6 Å². The Balaban J connectivity index is 2.29. The Morgan fingerprint density at radius 3 is 2.53 bits per heavy atom. The Hall–Kier alpha value is -0.870. The van der Waals surface area contributed by atoms with Gasteiger partial charge >= 0.3 is 0 Å². The number of halogens is 3. The van der Waals surface area contributed by atoms with E-state index in [1.807, 2.05) is 31.2 Å². The maximum absolute atomic E-state index is 13.2. The Bertz CT molecular complexity index is 572. The van der Waals surface area contributed by atoms with E-state index in [4.69, 9.17) is 4.74 Å². The number of hydrogen-bond donors (Lipinski definition) is 0. The summed E-state index contributed by atoms with van der Waals surface area (Å²) >= 11 is 7.08. The van der Waals surface area contributed by atoms with E-state index < -0.39 is 0 Å². The fourth-order valence-corrected chi connectivity index (χ4v) is 2.88. The molecule has 100 valence electrons. The predicted octanol–water partition coefficient (Wildman–Crippen LogP) is 5.47. The molecular weight excluding hydrogens is 375 g/mol. The summed E-state index contributed by atoms with van der Waals surface area (Å²) in [5.41, 5.74) is 1.93.